The highest BCUT2D eigenvalue weighted by molar-refractivity contribution is 5.17. The second-order valence-corrected chi connectivity index (χ2v) is 13.7. The van der Waals surface area contributed by atoms with Gasteiger partial charge < -0.3 is 0 Å². The van der Waals surface area contributed by atoms with Crippen LogP contribution in [0.2, 0.25) is 0 Å². The summed E-state index contributed by atoms with van der Waals surface area (Å²) in [6.07, 6.45) is 18.3. The van der Waals surface area contributed by atoms with Crippen molar-refractivity contribution in [2.24, 2.45) is 50.7 Å². The van der Waals surface area contributed by atoms with Crippen LogP contribution >= 0.6 is 0 Å². The first-order valence-corrected chi connectivity index (χ1v) is 12.6. The van der Waals surface area contributed by atoms with E-state index in [0.717, 1.165) is 23.7 Å². The Morgan fingerprint density at radius 3 is 2.07 bits per heavy atom. The second kappa shape index (κ2) is 5.57. The van der Waals surface area contributed by atoms with Crippen LogP contribution in [0, 0.1) is 50.7 Å². The monoisotopic (exact) mass is 370 g/mol. The minimum absolute atomic E-state index is 0.572. The van der Waals surface area contributed by atoms with Crippen molar-refractivity contribution in [3.63, 3.8) is 0 Å². The van der Waals surface area contributed by atoms with E-state index in [1.54, 1.807) is 19.3 Å². The molecular formula is C27H46. The molecular weight excluding hydrogens is 324 g/mol. The molecule has 0 nitrogen and oxygen atoms in total. The normalized spacial score (nSPS) is 59.3. The molecule has 0 bridgehead atoms. The van der Waals surface area contributed by atoms with Crippen molar-refractivity contribution in [1.82, 2.24) is 0 Å². The third-order valence-electron chi connectivity index (χ3n) is 12.5. The van der Waals surface area contributed by atoms with Crippen molar-refractivity contribution in [2.75, 3.05) is 0 Å². The van der Waals surface area contributed by atoms with Gasteiger partial charge in [0.15, 0.2) is 0 Å². The molecule has 0 aromatic rings. The fourth-order valence-electron chi connectivity index (χ4n) is 11.0. The molecule has 0 unspecified atom stereocenters. The van der Waals surface area contributed by atoms with Crippen LogP contribution in [0.15, 0.2) is 0 Å². The lowest BCUT2D eigenvalue weighted by Gasteiger charge is -2.72. The molecule has 0 aromatic carbocycles. The maximum absolute atomic E-state index is 2.80. The molecule has 0 amide bonds. The van der Waals surface area contributed by atoms with E-state index < -0.39 is 0 Å². The highest BCUT2D eigenvalue weighted by Gasteiger charge is 2.68. The number of hydrogen-bond acceptors (Lipinski definition) is 0. The highest BCUT2D eigenvalue weighted by atomic mass is 14.7. The summed E-state index contributed by atoms with van der Waals surface area (Å²) in [5.74, 6) is 4.02. The van der Waals surface area contributed by atoms with Crippen molar-refractivity contribution < 1.29 is 0 Å². The standard InChI is InChI=1S/C27H46/c1-23(2)13-8-15-25(4)21(23)12-16-27(6)22(25)11-10-20-19-9-7-14-24(19,3)17-18-26(20,27)5/h19-22H,7-18H2,1-6H3/t19-,20-,21+,22-,24+,25+,26-,27-/m1/s1. The number of hydrogen-bond donors (Lipinski definition) is 0. The zero-order chi connectivity index (χ0) is 19.3. The molecule has 5 aliphatic carbocycles. The largest absolute Gasteiger partial charge is 0.0596 e. The summed E-state index contributed by atoms with van der Waals surface area (Å²) in [5.41, 5.74) is 3.08. The van der Waals surface area contributed by atoms with E-state index in [2.05, 4.69) is 41.5 Å². The lowest BCUT2D eigenvalue weighted by Crippen LogP contribution is -2.64. The molecule has 0 heteroatoms. The van der Waals surface area contributed by atoms with Gasteiger partial charge in [0, 0.05) is 0 Å². The van der Waals surface area contributed by atoms with Crippen LogP contribution < -0.4 is 0 Å². The molecule has 0 saturated heterocycles. The van der Waals surface area contributed by atoms with E-state index in [-0.39, 0.29) is 0 Å². The zero-order valence-corrected chi connectivity index (χ0v) is 19.3. The van der Waals surface area contributed by atoms with Gasteiger partial charge in [0.1, 0.15) is 0 Å². The van der Waals surface area contributed by atoms with E-state index in [4.69, 9.17) is 0 Å². The molecule has 5 aliphatic rings. The van der Waals surface area contributed by atoms with Crippen LogP contribution in [0.5, 0.6) is 0 Å². The summed E-state index contributed by atoms with van der Waals surface area (Å²) in [5, 5.41) is 0. The lowest BCUT2D eigenvalue weighted by atomic mass is 9.33. The van der Waals surface area contributed by atoms with Gasteiger partial charge in [-0.3, -0.25) is 0 Å². The van der Waals surface area contributed by atoms with Crippen molar-refractivity contribution >= 4 is 0 Å². The van der Waals surface area contributed by atoms with Crippen LogP contribution in [0.25, 0.3) is 0 Å². The quantitative estimate of drug-likeness (QED) is 0.402. The molecule has 0 radical (unpaired) electrons. The third kappa shape index (κ3) is 2.23. The Hall–Kier alpha value is 0. The molecule has 0 aliphatic heterocycles. The Kier molecular flexibility index (Phi) is 3.92. The number of rotatable bonds is 0. The molecule has 8 atom stereocenters. The Balaban J connectivity index is 1.54. The van der Waals surface area contributed by atoms with Gasteiger partial charge in [-0.05, 0) is 115 Å². The molecule has 5 rings (SSSR count). The average Bonchev–Trinajstić information content (AvgIpc) is 2.97. The maximum atomic E-state index is 2.80. The first kappa shape index (κ1) is 19.0. The van der Waals surface area contributed by atoms with Gasteiger partial charge in [-0.15, -0.1) is 0 Å². The van der Waals surface area contributed by atoms with E-state index >= 15 is 0 Å². The van der Waals surface area contributed by atoms with Gasteiger partial charge in [0.2, 0.25) is 0 Å². The molecule has 0 spiro atoms. The molecule has 5 saturated carbocycles. The molecule has 5 fully saturated rings. The summed E-state index contributed by atoms with van der Waals surface area (Å²) < 4.78 is 0. The highest BCUT2D eigenvalue weighted by Crippen LogP contribution is 2.76. The van der Waals surface area contributed by atoms with E-state index in [1.807, 2.05) is 0 Å². The SMILES string of the molecule is CC1(C)CCC[C@]2(C)[C@H]3CC[C@@H]4[C@H]5CCC[C@@]5(C)CC[C@@]4(C)[C@]3(C)CC[C@@H]12. The predicted molar refractivity (Wildman–Crippen MR) is 116 cm³/mol. The fraction of sp³-hybridized carbons (Fsp3) is 1.00. The van der Waals surface area contributed by atoms with Crippen LogP contribution in [0.1, 0.15) is 119 Å². The lowest BCUT2D eigenvalue weighted by molar-refractivity contribution is -0.232. The van der Waals surface area contributed by atoms with Gasteiger partial charge in [0.25, 0.3) is 0 Å². The molecule has 0 N–H and O–H groups in total. The Labute approximate surface area is 169 Å². The smallest absolute Gasteiger partial charge is 0.0235 e. The van der Waals surface area contributed by atoms with Crippen LogP contribution in [-0.2, 0) is 0 Å². The summed E-state index contributed by atoms with van der Waals surface area (Å²) in [7, 11) is 0. The van der Waals surface area contributed by atoms with Crippen molar-refractivity contribution in [3.8, 4) is 0 Å². The number of fused-ring (bicyclic) bond motifs is 7. The zero-order valence-electron chi connectivity index (χ0n) is 19.3. The minimum Gasteiger partial charge on any atom is -0.0596 e. The molecule has 154 valence electrons. The van der Waals surface area contributed by atoms with E-state index in [0.29, 0.717) is 27.1 Å². The molecule has 27 heavy (non-hydrogen) atoms. The maximum Gasteiger partial charge on any atom is -0.0235 e. The average molecular weight is 371 g/mol. The van der Waals surface area contributed by atoms with E-state index in [1.165, 1.54) is 57.8 Å². The van der Waals surface area contributed by atoms with Gasteiger partial charge >= 0.3 is 0 Å². The first-order chi connectivity index (χ1) is 12.6. The molecule has 0 aromatic heterocycles. The minimum atomic E-state index is 0.572. The van der Waals surface area contributed by atoms with Crippen LogP contribution in [0.4, 0.5) is 0 Å². The van der Waals surface area contributed by atoms with Crippen molar-refractivity contribution in [1.29, 1.82) is 0 Å². The van der Waals surface area contributed by atoms with E-state index in [9.17, 15) is 0 Å². The summed E-state index contributed by atoms with van der Waals surface area (Å²) in [4.78, 5) is 0. The Morgan fingerprint density at radius 2 is 1.30 bits per heavy atom. The summed E-state index contributed by atoms with van der Waals surface area (Å²) in [6, 6.07) is 0. The van der Waals surface area contributed by atoms with Crippen molar-refractivity contribution in [2.45, 2.75) is 119 Å². The van der Waals surface area contributed by atoms with Gasteiger partial charge in [-0.25, -0.2) is 0 Å². The third-order valence-corrected chi connectivity index (χ3v) is 12.5. The topological polar surface area (TPSA) is 0 Å². The van der Waals surface area contributed by atoms with Gasteiger partial charge in [0.05, 0.1) is 0 Å². The Bertz CT molecular complexity index is 618. The first-order valence-electron chi connectivity index (χ1n) is 12.6. The molecule has 0 heterocycles. The predicted octanol–water partition coefficient (Wildman–Crippen LogP) is 8.25. The second-order valence-electron chi connectivity index (χ2n) is 13.7. The fourth-order valence-corrected chi connectivity index (χ4v) is 11.0. The summed E-state index contributed by atoms with van der Waals surface area (Å²) >= 11 is 0. The van der Waals surface area contributed by atoms with Gasteiger partial charge in [-0.1, -0.05) is 54.4 Å². The Morgan fingerprint density at radius 1 is 0.519 bits per heavy atom. The van der Waals surface area contributed by atoms with Crippen LogP contribution in [-0.4, -0.2) is 0 Å². The summed E-state index contributed by atoms with van der Waals surface area (Å²) in [6.45, 7) is 16.2. The van der Waals surface area contributed by atoms with Gasteiger partial charge in [-0.2, -0.15) is 0 Å². The van der Waals surface area contributed by atoms with Crippen LogP contribution in [0.3, 0.4) is 0 Å². The van der Waals surface area contributed by atoms with Crippen molar-refractivity contribution in [3.05, 3.63) is 0 Å².